The molecule has 0 aliphatic rings. The molecule has 0 aliphatic heterocycles. The number of hydrogen-bond acceptors (Lipinski definition) is 3. The number of halogens is 2. The van der Waals surface area contributed by atoms with E-state index in [0.717, 1.165) is 11.3 Å². The molecule has 0 fully saturated rings. The molecule has 0 radical (unpaired) electrons. The highest BCUT2D eigenvalue weighted by Crippen LogP contribution is 2.15. The van der Waals surface area contributed by atoms with Crippen molar-refractivity contribution < 1.29 is 9.59 Å². The van der Waals surface area contributed by atoms with E-state index in [1.165, 1.54) is 0 Å². The van der Waals surface area contributed by atoms with E-state index in [1.807, 2.05) is 18.4 Å². The fourth-order valence-corrected chi connectivity index (χ4v) is 3.12. The summed E-state index contributed by atoms with van der Waals surface area (Å²) >= 11 is 13.5. The monoisotopic (exact) mass is 410 g/mol. The summed E-state index contributed by atoms with van der Waals surface area (Å²) in [6.45, 7) is 0.369. The van der Waals surface area contributed by atoms with Gasteiger partial charge in [0.15, 0.2) is 0 Å². The lowest BCUT2D eigenvalue weighted by molar-refractivity contribution is -0.123. The summed E-state index contributed by atoms with van der Waals surface area (Å²) in [5, 5.41) is 6.64. The van der Waals surface area contributed by atoms with Crippen LogP contribution in [0.1, 0.15) is 22.3 Å². The van der Waals surface area contributed by atoms with E-state index in [-0.39, 0.29) is 11.8 Å². The summed E-state index contributed by atoms with van der Waals surface area (Å²) in [5.41, 5.74) is 1.29. The van der Waals surface area contributed by atoms with Gasteiger partial charge in [0, 0.05) is 11.6 Å². The van der Waals surface area contributed by atoms with Gasteiger partial charge >= 0.3 is 0 Å². The van der Waals surface area contributed by atoms with Gasteiger partial charge in [-0.15, -0.1) is 0 Å². The van der Waals surface area contributed by atoms with Crippen LogP contribution in [0.25, 0.3) is 0 Å². The first-order chi connectivity index (χ1) is 12.5. The minimum atomic E-state index is -0.626. The van der Waals surface area contributed by atoms with E-state index in [1.54, 1.807) is 48.2 Å². The Balaban J connectivity index is 2.00. The topological polar surface area (TPSA) is 58.2 Å². The van der Waals surface area contributed by atoms with Crippen molar-refractivity contribution >= 4 is 46.8 Å². The maximum Gasteiger partial charge on any atom is 0.253 e. The van der Waals surface area contributed by atoms with Crippen LogP contribution >= 0.6 is 35.0 Å². The highest BCUT2D eigenvalue weighted by molar-refractivity contribution is 7.98. The molecule has 0 spiro atoms. The van der Waals surface area contributed by atoms with Crippen LogP contribution in [-0.4, -0.2) is 29.9 Å². The van der Waals surface area contributed by atoms with Gasteiger partial charge in [-0.05, 0) is 48.3 Å². The Hall–Kier alpha value is -1.69. The zero-order valence-corrected chi connectivity index (χ0v) is 16.6. The fraction of sp³-hybridized carbons (Fsp3) is 0.263. The second-order valence-corrected chi connectivity index (χ2v) is 7.46. The van der Waals surface area contributed by atoms with Gasteiger partial charge in [0.2, 0.25) is 5.91 Å². The first-order valence-corrected chi connectivity index (χ1v) is 10.2. The lowest BCUT2D eigenvalue weighted by Gasteiger charge is -2.18. The van der Waals surface area contributed by atoms with Crippen molar-refractivity contribution in [1.82, 2.24) is 10.6 Å². The molecule has 26 heavy (non-hydrogen) atoms. The number of carbonyl (C=O) groups is 2. The fourth-order valence-electron chi connectivity index (χ4n) is 2.30. The highest BCUT2D eigenvalue weighted by Gasteiger charge is 2.21. The second kappa shape index (κ2) is 10.5. The van der Waals surface area contributed by atoms with Crippen molar-refractivity contribution in [1.29, 1.82) is 0 Å². The van der Waals surface area contributed by atoms with Crippen molar-refractivity contribution in [3.05, 3.63) is 69.7 Å². The van der Waals surface area contributed by atoms with Crippen LogP contribution in [0, 0.1) is 0 Å². The Bertz CT molecular complexity index is 753. The first kappa shape index (κ1) is 20.6. The van der Waals surface area contributed by atoms with Gasteiger partial charge in [0.1, 0.15) is 6.04 Å². The van der Waals surface area contributed by atoms with Gasteiger partial charge < -0.3 is 10.6 Å². The molecule has 2 aromatic rings. The molecular weight excluding hydrogens is 391 g/mol. The molecule has 2 amide bonds. The van der Waals surface area contributed by atoms with Crippen molar-refractivity contribution in [2.24, 2.45) is 0 Å². The summed E-state index contributed by atoms with van der Waals surface area (Å²) in [6, 6.07) is 13.4. The minimum absolute atomic E-state index is 0.227. The smallest absolute Gasteiger partial charge is 0.253 e. The third-order valence-electron chi connectivity index (χ3n) is 3.73. The molecule has 0 heterocycles. The van der Waals surface area contributed by atoms with Crippen LogP contribution in [0.2, 0.25) is 10.0 Å². The normalized spacial score (nSPS) is 11.7. The molecule has 1 atom stereocenters. The number of nitrogens with one attached hydrogen (secondary N) is 2. The highest BCUT2D eigenvalue weighted by atomic mass is 35.5. The first-order valence-electron chi connectivity index (χ1n) is 8.07. The minimum Gasteiger partial charge on any atom is -0.350 e. The third kappa shape index (κ3) is 6.24. The van der Waals surface area contributed by atoms with Crippen molar-refractivity contribution in [3.63, 3.8) is 0 Å². The van der Waals surface area contributed by atoms with Crippen molar-refractivity contribution in [2.75, 3.05) is 12.0 Å². The lowest BCUT2D eigenvalue weighted by Crippen LogP contribution is -2.47. The van der Waals surface area contributed by atoms with Crippen LogP contribution in [0.15, 0.2) is 48.5 Å². The summed E-state index contributed by atoms with van der Waals surface area (Å²) in [6.07, 6.45) is 2.49. The van der Waals surface area contributed by atoms with E-state index in [0.29, 0.717) is 28.6 Å². The van der Waals surface area contributed by atoms with Gasteiger partial charge in [-0.25, -0.2) is 0 Å². The Morgan fingerprint density at radius 2 is 1.77 bits per heavy atom. The third-order valence-corrected chi connectivity index (χ3v) is 4.96. The summed E-state index contributed by atoms with van der Waals surface area (Å²) in [7, 11) is 0. The molecule has 0 aliphatic carbocycles. The molecule has 0 aromatic heterocycles. The summed E-state index contributed by atoms with van der Waals surface area (Å²) in [4.78, 5) is 25.0. The number of carbonyl (C=O) groups excluding carboxylic acids is 2. The molecular formula is C19H20Cl2N2O2S. The Morgan fingerprint density at radius 3 is 2.42 bits per heavy atom. The molecule has 2 rings (SSSR count). The largest absolute Gasteiger partial charge is 0.350 e. The Morgan fingerprint density at radius 1 is 1.08 bits per heavy atom. The molecule has 0 bridgehead atoms. The molecule has 0 saturated carbocycles. The number of rotatable bonds is 8. The Kier molecular flexibility index (Phi) is 8.29. The molecule has 0 unspecified atom stereocenters. The van der Waals surface area contributed by atoms with Crippen LogP contribution in [0.4, 0.5) is 0 Å². The SMILES string of the molecule is CSCC[C@H](NC(=O)c1ccccc1Cl)C(=O)NCc1ccc(Cl)cc1. The standard InChI is InChI=1S/C19H20Cl2N2O2S/c1-26-11-10-17(23-18(24)15-4-2-3-5-16(15)21)19(25)22-12-13-6-8-14(20)9-7-13/h2-9,17H,10-12H2,1H3,(H,22,25)(H,23,24)/t17-/m0/s1. The molecule has 7 heteroatoms. The number of benzene rings is 2. The molecule has 2 N–H and O–H groups in total. The van der Waals surface area contributed by atoms with E-state index in [2.05, 4.69) is 10.6 Å². The average molecular weight is 411 g/mol. The summed E-state index contributed by atoms with van der Waals surface area (Å²) in [5.74, 6) is 0.166. The van der Waals surface area contributed by atoms with E-state index < -0.39 is 6.04 Å². The molecule has 0 saturated heterocycles. The van der Waals surface area contributed by atoms with E-state index in [9.17, 15) is 9.59 Å². The van der Waals surface area contributed by atoms with Gasteiger partial charge in [-0.2, -0.15) is 11.8 Å². The van der Waals surface area contributed by atoms with E-state index in [4.69, 9.17) is 23.2 Å². The number of thioether (sulfide) groups is 1. The van der Waals surface area contributed by atoms with Gasteiger partial charge in [0.25, 0.3) is 5.91 Å². The predicted molar refractivity (Wildman–Crippen MR) is 109 cm³/mol. The van der Waals surface area contributed by atoms with Gasteiger partial charge in [-0.3, -0.25) is 9.59 Å². The second-order valence-electron chi connectivity index (χ2n) is 5.63. The van der Waals surface area contributed by atoms with E-state index >= 15 is 0 Å². The zero-order valence-electron chi connectivity index (χ0n) is 14.3. The number of hydrogen-bond donors (Lipinski definition) is 2. The van der Waals surface area contributed by atoms with Crippen molar-refractivity contribution in [3.8, 4) is 0 Å². The van der Waals surface area contributed by atoms with Gasteiger partial charge in [-0.1, -0.05) is 47.5 Å². The maximum absolute atomic E-state index is 12.5. The van der Waals surface area contributed by atoms with Crippen LogP contribution in [0.5, 0.6) is 0 Å². The average Bonchev–Trinajstić information content (AvgIpc) is 2.64. The quantitative estimate of drug-likeness (QED) is 0.686. The predicted octanol–water partition coefficient (Wildman–Crippen LogP) is 4.16. The van der Waals surface area contributed by atoms with Crippen LogP contribution < -0.4 is 10.6 Å². The number of amides is 2. The lowest BCUT2D eigenvalue weighted by atomic mass is 10.1. The zero-order chi connectivity index (χ0) is 18.9. The van der Waals surface area contributed by atoms with Gasteiger partial charge in [0.05, 0.1) is 10.6 Å². The van der Waals surface area contributed by atoms with Crippen molar-refractivity contribution in [2.45, 2.75) is 19.0 Å². The summed E-state index contributed by atoms with van der Waals surface area (Å²) < 4.78 is 0. The van der Waals surface area contributed by atoms with Crippen LogP contribution in [-0.2, 0) is 11.3 Å². The molecule has 138 valence electrons. The van der Waals surface area contributed by atoms with Crippen LogP contribution in [0.3, 0.4) is 0 Å². The molecule has 2 aromatic carbocycles. The maximum atomic E-state index is 12.5. The molecule has 4 nitrogen and oxygen atoms in total. The Labute approximate surface area is 167 Å².